The number of benzene rings is 2. The zero-order chi connectivity index (χ0) is 17.4. The van der Waals surface area contributed by atoms with Crippen LogP contribution in [0.1, 0.15) is 18.3 Å². The molecule has 0 saturated carbocycles. The van der Waals surface area contributed by atoms with E-state index in [0.29, 0.717) is 17.5 Å². The molecule has 0 amide bonds. The quantitative estimate of drug-likeness (QED) is 0.578. The normalized spacial score (nSPS) is 11.1. The van der Waals surface area contributed by atoms with Gasteiger partial charge in [0.25, 0.3) is 5.56 Å². The summed E-state index contributed by atoms with van der Waals surface area (Å²) in [6.45, 7) is 4.02. The number of hydrogen-bond acceptors (Lipinski definition) is 3. The summed E-state index contributed by atoms with van der Waals surface area (Å²) < 4.78 is 3.41. The van der Waals surface area contributed by atoms with Gasteiger partial charge in [-0.2, -0.15) is 5.10 Å². The van der Waals surface area contributed by atoms with E-state index in [4.69, 9.17) is 4.98 Å². The smallest absolute Gasteiger partial charge is 0.268 e. The number of aryl methyl sites for hydroxylation is 2. The highest BCUT2D eigenvalue weighted by atomic mass is 16.1. The molecule has 0 bridgehead atoms. The number of aromatic nitrogens is 4. The summed E-state index contributed by atoms with van der Waals surface area (Å²) in [7, 11) is 0. The first kappa shape index (κ1) is 15.3. The minimum absolute atomic E-state index is 0.0883. The summed E-state index contributed by atoms with van der Waals surface area (Å²) >= 11 is 0. The molecule has 0 radical (unpaired) electrons. The monoisotopic (exact) mass is 330 g/mol. The predicted octanol–water partition coefficient (Wildman–Crippen LogP) is 3.44. The lowest BCUT2D eigenvalue weighted by molar-refractivity contribution is 0.816. The SMILES string of the molecule is CCc1nc2c(cnn2-c2ccccc2)c(=O)n1-c1cccc(C)c1. The Balaban J connectivity index is 2.02. The Hall–Kier alpha value is -3.21. The molecule has 0 aliphatic heterocycles. The summed E-state index contributed by atoms with van der Waals surface area (Å²) in [6.07, 6.45) is 2.25. The minimum atomic E-state index is -0.0883. The molecular weight excluding hydrogens is 312 g/mol. The van der Waals surface area contributed by atoms with E-state index in [1.165, 1.54) is 0 Å². The first-order valence-corrected chi connectivity index (χ1v) is 8.31. The van der Waals surface area contributed by atoms with E-state index in [9.17, 15) is 4.79 Å². The molecule has 2 aromatic carbocycles. The minimum Gasteiger partial charge on any atom is -0.268 e. The van der Waals surface area contributed by atoms with Crippen LogP contribution in [0, 0.1) is 6.92 Å². The lowest BCUT2D eigenvalue weighted by Crippen LogP contribution is -2.23. The van der Waals surface area contributed by atoms with Crippen LogP contribution >= 0.6 is 0 Å². The molecule has 4 aromatic rings. The summed E-state index contributed by atoms with van der Waals surface area (Å²) in [6, 6.07) is 17.6. The van der Waals surface area contributed by atoms with Gasteiger partial charge in [-0.25, -0.2) is 9.67 Å². The van der Waals surface area contributed by atoms with E-state index in [1.807, 2.05) is 68.4 Å². The van der Waals surface area contributed by atoms with Crippen molar-refractivity contribution >= 4 is 11.0 Å². The molecule has 25 heavy (non-hydrogen) atoms. The highest BCUT2D eigenvalue weighted by Crippen LogP contribution is 2.17. The van der Waals surface area contributed by atoms with Crippen molar-refractivity contribution in [1.82, 2.24) is 19.3 Å². The van der Waals surface area contributed by atoms with Gasteiger partial charge in [0.15, 0.2) is 5.65 Å². The second-order valence-corrected chi connectivity index (χ2v) is 5.99. The molecule has 0 aliphatic carbocycles. The lowest BCUT2D eigenvalue weighted by Gasteiger charge is -2.12. The fourth-order valence-electron chi connectivity index (χ4n) is 3.04. The molecule has 5 nitrogen and oxygen atoms in total. The Kier molecular flexibility index (Phi) is 3.69. The zero-order valence-electron chi connectivity index (χ0n) is 14.2. The summed E-state index contributed by atoms with van der Waals surface area (Å²) in [4.78, 5) is 17.9. The highest BCUT2D eigenvalue weighted by molar-refractivity contribution is 5.75. The summed E-state index contributed by atoms with van der Waals surface area (Å²) in [5.41, 5.74) is 3.33. The van der Waals surface area contributed by atoms with Crippen molar-refractivity contribution < 1.29 is 0 Å². The molecule has 2 aromatic heterocycles. The molecule has 0 N–H and O–H groups in total. The standard InChI is InChI=1S/C20H18N4O/c1-3-18-22-19-17(13-21-24(19)15-9-5-4-6-10-15)20(25)23(18)16-11-7-8-14(2)12-16/h4-13H,3H2,1-2H3. The third kappa shape index (κ3) is 2.54. The van der Waals surface area contributed by atoms with Gasteiger partial charge in [-0.1, -0.05) is 37.3 Å². The van der Waals surface area contributed by atoms with Crippen molar-refractivity contribution in [3.8, 4) is 11.4 Å². The van der Waals surface area contributed by atoms with E-state index >= 15 is 0 Å². The van der Waals surface area contributed by atoms with Crippen molar-refractivity contribution in [3.05, 3.63) is 82.5 Å². The van der Waals surface area contributed by atoms with Crippen LogP contribution in [0.2, 0.25) is 0 Å². The Morgan fingerprint density at radius 2 is 1.76 bits per heavy atom. The second kappa shape index (κ2) is 6.02. The van der Waals surface area contributed by atoms with Crippen LogP contribution in [-0.2, 0) is 6.42 Å². The van der Waals surface area contributed by atoms with E-state index in [0.717, 1.165) is 22.8 Å². The van der Waals surface area contributed by atoms with E-state index in [1.54, 1.807) is 15.4 Å². The van der Waals surface area contributed by atoms with Crippen molar-refractivity contribution in [2.45, 2.75) is 20.3 Å². The van der Waals surface area contributed by atoms with Gasteiger partial charge in [-0.05, 0) is 36.8 Å². The molecule has 5 heteroatoms. The summed E-state index contributed by atoms with van der Waals surface area (Å²) in [5.74, 6) is 0.723. The molecule has 2 heterocycles. The van der Waals surface area contributed by atoms with Crippen LogP contribution < -0.4 is 5.56 Å². The fraction of sp³-hybridized carbons (Fsp3) is 0.150. The third-order valence-electron chi connectivity index (χ3n) is 4.25. The number of para-hydroxylation sites is 1. The molecule has 0 unspecified atom stereocenters. The topological polar surface area (TPSA) is 52.7 Å². The average Bonchev–Trinajstić information content (AvgIpc) is 3.06. The molecule has 4 rings (SSSR count). The van der Waals surface area contributed by atoms with E-state index in [-0.39, 0.29) is 5.56 Å². The molecule has 0 saturated heterocycles. The number of nitrogens with zero attached hydrogens (tertiary/aromatic N) is 4. The van der Waals surface area contributed by atoms with Gasteiger partial charge >= 0.3 is 0 Å². The van der Waals surface area contributed by atoms with Crippen LogP contribution in [-0.4, -0.2) is 19.3 Å². The first-order chi connectivity index (χ1) is 12.2. The van der Waals surface area contributed by atoms with Crippen molar-refractivity contribution in [2.75, 3.05) is 0 Å². The lowest BCUT2D eigenvalue weighted by atomic mass is 10.2. The van der Waals surface area contributed by atoms with Gasteiger partial charge in [0.05, 0.1) is 17.6 Å². The molecule has 0 aliphatic rings. The Morgan fingerprint density at radius 1 is 1.00 bits per heavy atom. The maximum atomic E-state index is 13.1. The van der Waals surface area contributed by atoms with Crippen LogP contribution in [0.5, 0.6) is 0 Å². The van der Waals surface area contributed by atoms with E-state index in [2.05, 4.69) is 5.10 Å². The number of rotatable bonds is 3. The second-order valence-electron chi connectivity index (χ2n) is 5.99. The van der Waals surface area contributed by atoms with Gasteiger partial charge in [-0.3, -0.25) is 9.36 Å². The molecular formula is C20H18N4O. The highest BCUT2D eigenvalue weighted by Gasteiger charge is 2.16. The Bertz CT molecular complexity index is 1110. The van der Waals surface area contributed by atoms with Gasteiger partial charge in [0.2, 0.25) is 0 Å². The van der Waals surface area contributed by atoms with Gasteiger partial charge < -0.3 is 0 Å². The van der Waals surface area contributed by atoms with Crippen molar-refractivity contribution in [2.24, 2.45) is 0 Å². The third-order valence-corrected chi connectivity index (χ3v) is 4.25. The maximum absolute atomic E-state index is 13.1. The summed E-state index contributed by atoms with van der Waals surface area (Å²) in [5, 5.41) is 4.91. The first-order valence-electron chi connectivity index (χ1n) is 8.31. The molecule has 0 spiro atoms. The van der Waals surface area contributed by atoms with Crippen molar-refractivity contribution in [1.29, 1.82) is 0 Å². The van der Waals surface area contributed by atoms with Crippen LogP contribution in [0.4, 0.5) is 0 Å². The fourth-order valence-corrected chi connectivity index (χ4v) is 3.04. The van der Waals surface area contributed by atoms with Crippen molar-refractivity contribution in [3.63, 3.8) is 0 Å². The van der Waals surface area contributed by atoms with Crippen LogP contribution in [0.25, 0.3) is 22.4 Å². The Labute approximate surface area is 145 Å². The predicted molar refractivity (Wildman–Crippen MR) is 98.6 cm³/mol. The Morgan fingerprint density at radius 3 is 2.48 bits per heavy atom. The average molecular weight is 330 g/mol. The largest absolute Gasteiger partial charge is 0.269 e. The zero-order valence-corrected chi connectivity index (χ0v) is 14.2. The molecule has 0 fully saturated rings. The maximum Gasteiger partial charge on any atom is 0.269 e. The van der Waals surface area contributed by atoms with Crippen LogP contribution in [0.15, 0.2) is 65.6 Å². The molecule has 0 atom stereocenters. The number of hydrogen-bond donors (Lipinski definition) is 0. The van der Waals surface area contributed by atoms with E-state index < -0.39 is 0 Å². The van der Waals surface area contributed by atoms with Gasteiger partial charge in [-0.15, -0.1) is 0 Å². The van der Waals surface area contributed by atoms with Gasteiger partial charge in [0.1, 0.15) is 11.2 Å². The van der Waals surface area contributed by atoms with Crippen LogP contribution in [0.3, 0.4) is 0 Å². The van der Waals surface area contributed by atoms with Gasteiger partial charge in [0, 0.05) is 6.42 Å². The number of fused-ring (bicyclic) bond motifs is 1. The molecule has 124 valence electrons.